The zero-order valence-electron chi connectivity index (χ0n) is 26.0. The van der Waals surface area contributed by atoms with Crippen LogP contribution in [-0.2, 0) is 6.18 Å². The van der Waals surface area contributed by atoms with E-state index in [-0.39, 0.29) is 34.7 Å². The van der Waals surface area contributed by atoms with E-state index >= 15 is 0 Å². The van der Waals surface area contributed by atoms with Crippen LogP contribution in [0.15, 0.2) is 95.6 Å². The Labute approximate surface area is 273 Å². The second-order valence-corrected chi connectivity index (χ2v) is 12.5. The van der Waals surface area contributed by atoms with Crippen LogP contribution in [0.4, 0.5) is 22.0 Å². The molecule has 1 aliphatic heterocycles. The van der Waals surface area contributed by atoms with Gasteiger partial charge in [-0.25, -0.2) is 23.3 Å². The Hall–Kier alpha value is -5.19. The minimum absolute atomic E-state index is 0.0937. The van der Waals surface area contributed by atoms with E-state index in [2.05, 4.69) is 10.1 Å². The van der Waals surface area contributed by atoms with Gasteiger partial charge in [0.2, 0.25) is 0 Å². The van der Waals surface area contributed by atoms with Crippen molar-refractivity contribution in [2.75, 3.05) is 0 Å². The third-order valence-corrected chi connectivity index (χ3v) is 8.94. The molecule has 0 radical (unpaired) electrons. The fraction of sp³-hybridized carbons (Fsp3) is 0.243. The van der Waals surface area contributed by atoms with Gasteiger partial charge in [-0.05, 0) is 83.9 Å². The molecule has 0 spiro atoms. The molecular weight excluding hydrogens is 625 g/mol. The average Bonchev–Trinajstić information content (AvgIpc) is 3.68. The lowest BCUT2D eigenvalue weighted by Gasteiger charge is -2.29. The maximum Gasteiger partial charge on any atom is 0.433 e. The van der Waals surface area contributed by atoms with E-state index in [1.807, 2.05) is 32.1 Å². The van der Waals surface area contributed by atoms with Crippen molar-refractivity contribution in [3.8, 4) is 11.3 Å². The highest BCUT2D eigenvalue weighted by Gasteiger charge is 2.45. The van der Waals surface area contributed by atoms with Crippen molar-refractivity contribution in [1.29, 1.82) is 0 Å². The highest BCUT2D eigenvalue weighted by atomic mass is 19.4. The number of fused-ring (bicyclic) bond motifs is 2. The number of amides is 1. The summed E-state index contributed by atoms with van der Waals surface area (Å²) in [6, 6.07) is 20.5. The Bertz CT molecular complexity index is 2060. The molecule has 3 aromatic carbocycles. The maximum absolute atomic E-state index is 14.4. The minimum atomic E-state index is -4.79. The zero-order chi connectivity index (χ0) is 33.7. The number of alkyl halides is 3. The Morgan fingerprint density at radius 1 is 0.917 bits per heavy atom. The molecule has 7 rings (SSSR count). The van der Waals surface area contributed by atoms with Crippen molar-refractivity contribution < 1.29 is 26.7 Å². The Morgan fingerprint density at radius 2 is 1.58 bits per heavy atom. The van der Waals surface area contributed by atoms with Gasteiger partial charge in [0.1, 0.15) is 11.6 Å². The van der Waals surface area contributed by atoms with Gasteiger partial charge in [0.05, 0.1) is 17.4 Å². The number of aromatic nitrogens is 3. The summed E-state index contributed by atoms with van der Waals surface area (Å²) >= 11 is 0. The van der Waals surface area contributed by atoms with E-state index in [0.717, 1.165) is 29.2 Å². The molecular formula is C37H30F5N5O. The molecule has 48 heavy (non-hydrogen) atoms. The topological polar surface area (TPSA) is 62.9 Å². The van der Waals surface area contributed by atoms with Crippen LogP contribution in [0.3, 0.4) is 0 Å². The third-order valence-electron chi connectivity index (χ3n) is 8.94. The second kappa shape index (κ2) is 12.1. The predicted molar refractivity (Wildman–Crippen MR) is 172 cm³/mol. The predicted octanol–water partition coefficient (Wildman–Crippen LogP) is 9.25. The summed E-state index contributed by atoms with van der Waals surface area (Å²) in [5, 5.41) is 10.1. The highest BCUT2D eigenvalue weighted by Crippen LogP contribution is 2.45. The molecule has 2 aliphatic rings. The van der Waals surface area contributed by atoms with Crippen molar-refractivity contribution in [3.63, 3.8) is 0 Å². The highest BCUT2D eigenvalue weighted by molar-refractivity contribution is 6.09. The van der Waals surface area contributed by atoms with E-state index < -0.39 is 29.6 Å². The SMILES string of the molecule is CC(C)c1ccc(-c2cc(C(F)(F)F)n3nc(C(=O)N4N=C5C(=Cc6ccc(F)cc6)CCCC5C4c4ccc(F)cc4)cc3n2)cc1. The monoisotopic (exact) mass is 655 g/mol. The molecule has 2 aromatic heterocycles. The molecule has 1 aliphatic carbocycles. The number of hydrogen-bond acceptors (Lipinski definition) is 4. The first kappa shape index (κ1) is 31.4. The number of carbonyl (C=O) groups is 1. The number of hydrazone groups is 1. The van der Waals surface area contributed by atoms with Gasteiger partial charge in [-0.1, -0.05) is 62.4 Å². The molecule has 0 N–H and O–H groups in total. The maximum atomic E-state index is 14.4. The standard InChI is InChI=1S/C37H30F5N5O/c1-21(2)23-8-10-24(11-9-23)30-19-32(37(40,41)42)46-33(43-30)20-31(44-46)36(48)47-35(25-12-16-28(39)17-13-25)29-5-3-4-26(34(29)45-47)18-22-6-14-27(38)15-7-22/h6-21,29,35H,3-5H2,1-2H3. The Morgan fingerprint density at radius 3 is 2.23 bits per heavy atom. The van der Waals surface area contributed by atoms with Crippen LogP contribution in [0.1, 0.15) is 77.9 Å². The van der Waals surface area contributed by atoms with Crippen LogP contribution in [0.2, 0.25) is 0 Å². The minimum Gasteiger partial charge on any atom is -0.265 e. The number of rotatable bonds is 5. The molecule has 6 nitrogen and oxygen atoms in total. The molecule has 3 heterocycles. The fourth-order valence-corrected chi connectivity index (χ4v) is 6.51. The van der Waals surface area contributed by atoms with E-state index in [1.54, 1.807) is 36.4 Å². The second-order valence-electron chi connectivity index (χ2n) is 12.5. The summed E-state index contributed by atoms with van der Waals surface area (Å²) < 4.78 is 71.4. The van der Waals surface area contributed by atoms with Gasteiger partial charge in [0, 0.05) is 17.5 Å². The largest absolute Gasteiger partial charge is 0.433 e. The van der Waals surface area contributed by atoms with Gasteiger partial charge in [0.15, 0.2) is 17.0 Å². The molecule has 244 valence electrons. The lowest BCUT2D eigenvalue weighted by atomic mass is 9.77. The summed E-state index contributed by atoms with van der Waals surface area (Å²) in [7, 11) is 0. The van der Waals surface area contributed by atoms with Crippen LogP contribution in [0, 0.1) is 17.6 Å². The number of halogens is 5. The van der Waals surface area contributed by atoms with E-state index in [0.29, 0.717) is 34.2 Å². The molecule has 2 atom stereocenters. The molecule has 1 amide bonds. The molecule has 5 aromatic rings. The third kappa shape index (κ3) is 5.89. The zero-order valence-corrected chi connectivity index (χ0v) is 26.0. The van der Waals surface area contributed by atoms with E-state index in [4.69, 9.17) is 5.10 Å². The first-order chi connectivity index (χ1) is 23.0. The molecule has 0 saturated heterocycles. The summed E-state index contributed by atoms with van der Waals surface area (Å²) in [5.74, 6) is -1.54. The average molecular weight is 656 g/mol. The van der Waals surface area contributed by atoms with Crippen molar-refractivity contribution in [2.45, 2.75) is 51.2 Å². The van der Waals surface area contributed by atoms with Gasteiger partial charge < -0.3 is 0 Å². The van der Waals surface area contributed by atoms with Crippen LogP contribution in [0.25, 0.3) is 23.0 Å². The molecule has 1 fully saturated rings. The molecule has 1 saturated carbocycles. The number of allylic oxidation sites excluding steroid dienone is 1. The molecule has 2 unspecified atom stereocenters. The van der Waals surface area contributed by atoms with Crippen LogP contribution < -0.4 is 0 Å². The lowest BCUT2D eigenvalue weighted by Crippen LogP contribution is -2.32. The molecule has 11 heteroatoms. The van der Waals surface area contributed by atoms with Crippen molar-refractivity contribution >= 4 is 23.3 Å². The number of benzene rings is 3. The first-order valence-corrected chi connectivity index (χ1v) is 15.7. The van der Waals surface area contributed by atoms with E-state index in [1.165, 1.54) is 35.3 Å². The normalized spacial score (nSPS) is 18.9. The van der Waals surface area contributed by atoms with Crippen molar-refractivity contribution in [3.05, 3.63) is 130 Å². The number of nitrogens with zero attached hydrogens (tertiary/aromatic N) is 5. The first-order valence-electron chi connectivity index (χ1n) is 15.7. The summed E-state index contributed by atoms with van der Waals surface area (Å²) in [5.41, 5.74) is 3.05. The van der Waals surface area contributed by atoms with Gasteiger partial charge >= 0.3 is 6.18 Å². The smallest absolute Gasteiger partial charge is 0.265 e. The summed E-state index contributed by atoms with van der Waals surface area (Å²) in [4.78, 5) is 18.7. The van der Waals surface area contributed by atoms with Crippen LogP contribution in [0.5, 0.6) is 0 Å². The van der Waals surface area contributed by atoms with Gasteiger partial charge in [-0.15, -0.1) is 0 Å². The van der Waals surface area contributed by atoms with Crippen molar-refractivity contribution in [1.82, 2.24) is 19.6 Å². The van der Waals surface area contributed by atoms with Crippen LogP contribution >= 0.6 is 0 Å². The summed E-state index contributed by atoms with van der Waals surface area (Å²) in [6.45, 7) is 4.05. The summed E-state index contributed by atoms with van der Waals surface area (Å²) in [6.07, 6.45) is -0.765. The van der Waals surface area contributed by atoms with E-state index in [9.17, 15) is 26.7 Å². The van der Waals surface area contributed by atoms with Gasteiger partial charge in [-0.3, -0.25) is 4.79 Å². The quantitative estimate of drug-likeness (QED) is 0.177. The fourth-order valence-electron chi connectivity index (χ4n) is 6.51. The lowest BCUT2D eigenvalue weighted by molar-refractivity contribution is -0.142. The number of hydrogen-bond donors (Lipinski definition) is 0. The Kier molecular flexibility index (Phi) is 7.93. The Balaban J connectivity index is 1.32. The molecule has 0 bridgehead atoms. The van der Waals surface area contributed by atoms with Gasteiger partial charge in [-0.2, -0.15) is 23.4 Å². The van der Waals surface area contributed by atoms with Gasteiger partial charge in [0.25, 0.3) is 5.91 Å². The van der Waals surface area contributed by atoms with Crippen molar-refractivity contribution in [2.24, 2.45) is 11.0 Å². The van der Waals surface area contributed by atoms with Crippen LogP contribution in [-0.4, -0.2) is 31.2 Å². The number of carbonyl (C=O) groups excluding carboxylic acids is 1.